The summed E-state index contributed by atoms with van der Waals surface area (Å²) in [6, 6.07) is 0. The second-order valence-corrected chi connectivity index (χ2v) is 0.250. The number of carbonyl (C=O) groups is 1. The monoisotopic (exact) mass is 156 g/mol. The Morgan fingerprint density at radius 3 is 1.14 bits per heavy atom. The second-order valence-electron chi connectivity index (χ2n) is 0.250. The average Bonchev–Trinajstić information content (AvgIpc) is 0.811. The Labute approximate surface area is 100 Å². The van der Waals surface area contributed by atoms with Crippen molar-refractivity contribution < 1.29 is 20.5 Å². The van der Waals surface area contributed by atoms with E-state index < -0.39 is 6.16 Å². The summed E-state index contributed by atoms with van der Waals surface area (Å²) in [5, 5.41) is 16.7. The molecule has 0 amide bonds. The van der Waals surface area contributed by atoms with E-state index in [4.69, 9.17) is 15.0 Å². The minimum Gasteiger partial charge on any atom is -2.00 e. The quantitative estimate of drug-likeness (QED) is 0.343. The predicted octanol–water partition coefficient (Wildman–Crippen LogP) is -3.33. The van der Waals surface area contributed by atoms with Crippen LogP contribution in [0.25, 0.3) is 0 Å². The summed E-state index contributed by atoms with van der Waals surface area (Å²) in [5.41, 5.74) is 0. The van der Waals surface area contributed by atoms with Crippen LogP contribution >= 0.6 is 0 Å². The molecule has 0 aromatic rings. The predicted molar refractivity (Wildman–Crippen MR) is 17.6 cm³/mol. The van der Waals surface area contributed by atoms with Crippen molar-refractivity contribution in [2.24, 2.45) is 0 Å². The third kappa shape index (κ3) is 83.7. The van der Waals surface area contributed by atoms with E-state index in [1.54, 1.807) is 0 Å². The zero-order chi connectivity index (χ0) is 3.58. The van der Waals surface area contributed by atoms with Gasteiger partial charge in [0.15, 0.2) is 0 Å². The molecule has 0 aliphatic carbocycles. The molecular weight excluding hydrogens is 156 g/mol. The smallest absolute Gasteiger partial charge is 2.00 e. The van der Waals surface area contributed by atoms with E-state index in [-0.39, 0.29) is 81.0 Å². The van der Waals surface area contributed by atoms with Gasteiger partial charge in [0.25, 0.3) is 0 Å². The van der Waals surface area contributed by atoms with Gasteiger partial charge in [0.2, 0.25) is 0 Å². The van der Waals surface area contributed by atoms with E-state index in [0.717, 1.165) is 0 Å². The van der Waals surface area contributed by atoms with E-state index in [0.29, 0.717) is 0 Å². The molecule has 0 aromatic carbocycles. The average molecular weight is 156 g/mol. The minimum atomic E-state index is -2.33. The van der Waals surface area contributed by atoms with Gasteiger partial charge in [-0.2, -0.15) is 0 Å². The van der Waals surface area contributed by atoms with Gasteiger partial charge < -0.3 is 20.5 Å². The second kappa shape index (κ2) is 15.7. The first-order valence-electron chi connectivity index (χ1n) is 0.612. The first kappa shape index (κ1) is 23.3. The standard InChI is InChI=1S/CH2O3.2Ca.O/c2-1(3)4;;;/h(H2,2,3,4);;;/q;2*+2;-2/p-2. The summed E-state index contributed by atoms with van der Waals surface area (Å²) < 4.78 is 0. The molecule has 4 nitrogen and oxygen atoms in total. The molecule has 32 valence electrons. The van der Waals surface area contributed by atoms with Gasteiger partial charge >= 0.3 is 75.5 Å². The molecule has 0 saturated heterocycles. The van der Waals surface area contributed by atoms with Crippen molar-refractivity contribution in [2.45, 2.75) is 0 Å². The first-order valence-corrected chi connectivity index (χ1v) is 0.612. The van der Waals surface area contributed by atoms with Crippen LogP contribution in [0.2, 0.25) is 0 Å². The van der Waals surface area contributed by atoms with Crippen LogP contribution < -0.4 is 10.2 Å². The normalized spacial score (nSPS) is 3.43. The summed E-state index contributed by atoms with van der Waals surface area (Å²) in [5.74, 6) is 0. The van der Waals surface area contributed by atoms with E-state index in [9.17, 15) is 0 Å². The fraction of sp³-hybridized carbons (Fsp3) is 0. The maximum atomic E-state index is 8.33. The Bertz CT molecular complexity index is 32.7. The molecule has 0 aliphatic rings. The fourth-order valence-corrected chi connectivity index (χ4v) is 0. The zero-order valence-corrected chi connectivity index (χ0v) is 7.96. The van der Waals surface area contributed by atoms with Gasteiger partial charge in [0.05, 0.1) is 0 Å². The molecule has 0 radical (unpaired) electrons. The Morgan fingerprint density at radius 2 is 1.14 bits per heavy atom. The molecule has 0 heterocycles. The van der Waals surface area contributed by atoms with E-state index >= 15 is 0 Å². The third-order valence-electron chi connectivity index (χ3n) is 0. The van der Waals surface area contributed by atoms with Crippen molar-refractivity contribution in [3.63, 3.8) is 0 Å². The number of hydrogen-bond acceptors (Lipinski definition) is 3. The molecule has 0 unspecified atom stereocenters. The van der Waals surface area contributed by atoms with Crippen molar-refractivity contribution in [1.82, 2.24) is 0 Å². The van der Waals surface area contributed by atoms with Gasteiger partial charge in [-0.1, -0.05) is 0 Å². The van der Waals surface area contributed by atoms with Crippen LogP contribution in [-0.2, 0) is 5.48 Å². The van der Waals surface area contributed by atoms with E-state index in [1.807, 2.05) is 0 Å². The molecule has 0 N–H and O–H groups in total. The largest absolute Gasteiger partial charge is 2.00 e. The summed E-state index contributed by atoms with van der Waals surface area (Å²) in [4.78, 5) is 8.33. The van der Waals surface area contributed by atoms with Crippen LogP contribution in [0.1, 0.15) is 0 Å². The number of carbonyl (C=O) groups excluding carboxylic acids is 1. The molecule has 7 heavy (non-hydrogen) atoms. The molecule has 0 spiro atoms. The van der Waals surface area contributed by atoms with Crippen molar-refractivity contribution >= 4 is 81.6 Å². The van der Waals surface area contributed by atoms with Gasteiger partial charge in [-0.3, -0.25) is 0 Å². The maximum absolute atomic E-state index is 8.33. The summed E-state index contributed by atoms with van der Waals surface area (Å²) >= 11 is 0. The Kier molecular flexibility index (Phi) is 52.1. The van der Waals surface area contributed by atoms with Gasteiger partial charge in [-0.15, -0.1) is 0 Å². The molecule has 6 heteroatoms. The first-order chi connectivity index (χ1) is 1.73. The zero-order valence-electron chi connectivity index (χ0n) is 3.55. The van der Waals surface area contributed by atoms with Gasteiger partial charge in [-0.25, -0.2) is 0 Å². The molecule has 0 bridgehead atoms. The minimum absolute atomic E-state index is 0. The number of hydrogen-bond donors (Lipinski definition) is 0. The maximum Gasteiger partial charge on any atom is 2.00 e. The third-order valence-corrected chi connectivity index (χ3v) is 0. The number of rotatable bonds is 0. The van der Waals surface area contributed by atoms with Gasteiger partial charge in [0, 0.05) is 0 Å². The summed E-state index contributed by atoms with van der Waals surface area (Å²) in [6.45, 7) is 0. The van der Waals surface area contributed by atoms with Crippen LogP contribution in [0.5, 0.6) is 0 Å². The van der Waals surface area contributed by atoms with Crippen molar-refractivity contribution in [3.05, 3.63) is 0 Å². The van der Waals surface area contributed by atoms with Crippen LogP contribution in [0.15, 0.2) is 0 Å². The van der Waals surface area contributed by atoms with Crippen LogP contribution in [0.4, 0.5) is 4.79 Å². The Morgan fingerprint density at radius 1 is 1.14 bits per heavy atom. The fourth-order valence-electron chi connectivity index (χ4n) is 0. The molecule has 0 rings (SSSR count). The van der Waals surface area contributed by atoms with Gasteiger partial charge in [0.1, 0.15) is 0 Å². The topological polar surface area (TPSA) is 91.7 Å². The molecule has 0 aliphatic heterocycles. The van der Waals surface area contributed by atoms with Crippen LogP contribution in [0, 0.1) is 0 Å². The SMILES string of the molecule is O=C([O-])[O-].[Ca+2].[Ca+2].[O-2]. The van der Waals surface area contributed by atoms with Crippen LogP contribution in [-0.4, -0.2) is 81.6 Å². The number of carboxylic acid groups (broad SMARTS) is 2. The molecule has 0 atom stereocenters. The summed E-state index contributed by atoms with van der Waals surface area (Å²) in [7, 11) is 0. The van der Waals surface area contributed by atoms with Gasteiger partial charge in [-0.05, 0) is 6.16 Å². The van der Waals surface area contributed by atoms with E-state index in [2.05, 4.69) is 0 Å². The van der Waals surface area contributed by atoms with Crippen molar-refractivity contribution in [1.29, 1.82) is 0 Å². The Balaban J connectivity index is -0.0000000150. The molecule has 0 aromatic heterocycles. The van der Waals surface area contributed by atoms with Crippen molar-refractivity contribution in [2.75, 3.05) is 0 Å². The van der Waals surface area contributed by atoms with Crippen molar-refractivity contribution in [3.8, 4) is 0 Å². The molecular formula is CCa2O4. The molecule has 0 saturated carbocycles. The molecule has 0 fully saturated rings. The van der Waals surface area contributed by atoms with E-state index in [1.165, 1.54) is 0 Å². The van der Waals surface area contributed by atoms with Crippen LogP contribution in [0.3, 0.4) is 0 Å². The Hall–Kier alpha value is 1.75. The summed E-state index contributed by atoms with van der Waals surface area (Å²) in [6.07, 6.45) is -2.33.